The quantitative estimate of drug-likeness (QED) is 0.745. The van der Waals surface area contributed by atoms with Gasteiger partial charge >= 0.3 is 0 Å². The normalized spacial score (nSPS) is 14.0. The van der Waals surface area contributed by atoms with Crippen molar-refractivity contribution in [2.45, 2.75) is 32.5 Å². The monoisotopic (exact) mass is 256 g/mol. The fourth-order valence-electron chi connectivity index (χ4n) is 1.28. The SMILES string of the molecule is CC(C)(C)O[C@@H](CBr)c1ccccc1. The lowest BCUT2D eigenvalue weighted by atomic mass is 10.1. The van der Waals surface area contributed by atoms with Crippen molar-refractivity contribution >= 4 is 15.9 Å². The molecule has 0 aliphatic rings. The van der Waals surface area contributed by atoms with Crippen LogP contribution in [0, 0.1) is 0 Å². The molecule has 14 heavy (non-hydrogen) atoms. The van der Waals surface area contributed by atoms with Crippen molar-refractivity contribution < 1.29 is 4.74 Å². The molecule has 0 amide bonds. The Labute approximate surface area is 94.6 Å². The minimum Gasteiger partial charge on any atom is -0.367 e. The molecule has 0 bridgehead atoms. The van der Waals surface area contributed by atoms with Gasteiger partial charge in [0, 0.05) is 5.33 Å². The zero-order chi connectivity index (χ0) is 10.6. The fourth-order valence-corrected chi connectivity index (χ4v) is 1.79. The summed E-state index contributed by atoms with van der Waals surface area (Å²) in [4.78, 5) is 0. The van der Waals surface area contributed by atoms with E-state index in [0.717, 1.165) is 5.33 Å². The summed E-state index contributed by atoms with van der Waals surface area (Å²) in [5.41, 5.74) is 1.12. The number of alkyl halides is 1. The standard InChI is InChI=1S/C12H17BrO/c1-12(2,3)14-11(9-13)10-7-5-4-6-8-10/h4-8,11H,9H2,1-3H3/t11-/m0/s1. The van der Waals surface area contributed by atoms with Crippen LogP contribution in [0.3, 0.4) is 0 Å². The minimum absolute atomic E-state index is 0.103. The fraction of sp³-hybridized carbons (Fsp3) is 0.500. The first-order valence-electron chi connectivity index (χ1n) is 4.81. The highest BCUT2D eigenvalue weighted by Gasteiger charge is 2.18. The predicted molar refractivity (Wildman–Crippen MR) is 63.8 cm³/mol. The van der Waals surface area contributed by atoms with Crippen LogP contribution in [0.25, 0.3) is 0 Å². The smallest absolute Gasteiger partial charge is 0.0928 e. The van der Waals surface area contributed by atoms with Gasteiger partial charge in [-0.2, -0.15) is 0 Å². The van der Waals surface area contributed by atoms with Gasteiger partial charge in [-0.15, -0.1) is 0 Å². The molecule has 1 atom stereocenters. The lowest BCUT2D eigenvalue weighted by Crippen LogP contribution is -2.23. The molecule has 0 saturated heterocycles. The molecule has 78 valence electrons. The molecule has 0 N–H and O–H groups in total. The van der Waals surface area contributed by atoms with Crippen LogP contribution in [0.2, 0.25) is 0 Å². The maximum absolute atomic E-state index is 5.93. The average molecular weight is 257 g/mol. The second kappa shape index (κ2) is 4.94. The Morgan fingerprint density at radius 2 is 1.79 bits per heavy atom. The van der Waals surface area contributed by atoms with E-state index in [2.05, 4.69) is 48.8 Å². The van der Waals surface area contributed by atoms with Gasteiger partial charge in [-0.25, -0.2) is 0 Å². The summed E-state index contributed by atoms with van der Waals surface area (Å²) in [6, 6.07) is 10.3. The van der Waals surface area contributed by atoms with Crippen molar-refractivity contribution in [3.05, 3.63) is 35.9 Å². The summed E-state index contributed by atoms with van der Waals surface area (Å²) in [5.74, 6) is 0. The van der Waals surface area contributed by atoms with E-state index in [1.807, 2.05) is 18.2 Å². The molecule has 0 radical (unpaired) electrons. The van der Waals surface area contributed by atoms with E-state index in [-0.39, 0.29) is 11.7 Å². The summed E-state index contributed by atoms with van der Waals surface area (Å²) in [6.45, 7) is 6.22. The van der Waals surface area contributed by atoms with Crippen molar-refractivity contribution in [3.8, 4) is 0 Å². The molecule has 0 unspecified atom stereocenters. The van der Waals surface area contributed by atoms with Crippen LogP contribution in [0.15, 0.2) is 30.3 Å². The van der Waals surface area contributed by atoms with E-state index in [0.29, 0.717) is 0 Å². The van der Waals surface area contributed by atoms with Crippen LogP contribution in [0.1, 0.15) is 32.4 Å². The molecular formula is C12H17BrO. The van der Waals surface area contributed by atoms with Gasteiger partial charge in [0.2, 0.25) is 0 Å². The predicted octanol–water partition coefficient (Wildman–Crippen LogP) is 3.94. The van der Waals surface area contributed by atoms with E-state index in [1.165, 1.54) is 5.56 Å². The van der Waals surface area contributed by atoms with E-state index < -0.39 is 0 Å². The Balaban J connectivity index is 2.73. The summed E-state index contributed by atoms with van der Waals surface area (Å²) in [6.07, 6.45) is 0.135. The first-order chi connectivity index (χ1) is 6.53. The Hall–Kier alpha value is -0.340. The van der Waals surface area contributed by atoms with Crippen molar-refractivity contribution in [2.24, 2.45) is 0 Å². The summed E-state index contributed by atoms with van der Waals surface area (Å²) in [7, 11) is 0. The van der Waals surface area contributed by atoms with Gasteiger partial charge in [0.05, 0.1) is 11.7 Å². The molecule has 0 heterocycles. The van der Waals surface area contributed by atoms with Gasteiger partial charge in [0.15, 0.2) is 0 Å². The van der Waals surface area contributed by atoms with Crippen molar-refractivity contribution in [3.63, 3.8) is 0 Å². The number of rotatable bonds is 3. The summed E-state index contributed by atoms with van der Waals surface area (Å²) in [5, 5.41) is 0.828. The van der Waals surface area contributed by atoms with Gasteiger partial charge < -0.3 is 4.74 Å². The molecule has 1 aromatic rings. The van der Waals surface area contributed by atoms with E-state index in [9.17, 15) is 0 Å². The third-order valence-electron chi connectivity index (χ3n) is 1.81. The summed E-state index contributed by atoms with van der Waals surface area (Å²) >= 11 is 3.48. The van der Waals surface area contributed by atoms with Crippen LogP contribution in [-0.2, 0) is 4.74 Å². The first kappa shape index (κ1) is 11.7. The largest absolute Gasteiger partial charge is 0.367 e. The molecule has 1 aromatic carbocycles. The van der Waals surface area contributed by atoms with E-state index >= 15 is 0 Å². The van der Waals surface area contributed by atoms with Crippen molar-refractivity contribution in [1.29, 1.82) is 0 Å². The average Bonchev–Trinajstić information content (AvgIpc) is 2.14. The third-order valence-corrected chi connectivity index (χ3v) is 2.40. The Morgan fingerprint density at radius 1 is 1.21 bits per heavy atom. The molecule has 1 rings (SSSR count). The van der Waals surface area contributed by atoms with Gasteiger partial charge in [-0.1, -0.05) is 46.3 Å². The van der Waals surface area contributed by atoms with Crippen LogP contribution >= 0.6 is 15.9 Å². The molecular weight excluding hydrogens is 240 g/mol. The van der Waals surface area contributed by atoms with Gasteiger partial charge in [0.25, 0.3) is 0 Å². The molecule has 0 saturated carbocycles. The minimum atomic E-state index is -0.103. The zero-order valence-corrected chi connectivity index (χ0v) is 10.5. The number of hydrogen-bond donors (Lipinski definition) is 0. The highest BCUT2D eigenvalue weighted by Crippen LogP contribution is 2.25. The Kier molecular flexibility index (Phi) is 4.14. The molecule has 0 aliphatic carbocycles. The van der Waals surface area contributed by atoms with Crippen molar-refractivity contribution in [1.82, 2.24) is 0 Å². The maximum Gasteiger partial charge on any atom is 0.0928 e. The summed E-state index contributed by atoms with van der Waals surface area (Å²) < 4.78 is 5.93. The van der Waals surface area contributed by atoms with Crippen LogP contribution in [0.4, 0.5) is 0 Å². The van der Waals surface area contributed by atoms with Gasteiger partial charge in [-0.05, 0) is 26.3 Å². The van der Waals surface area contributed by atoms with Crippen LogP contribution < -0.4 is 0 Å². The lowest BCUT2D eigenvalue weighted by molar-refractivity contribution is -0.0501. The van der Waals surface area contributed by atoms with Gasteiger partial charge in [-0.3, -0.25) is 0 Å². The van der Waals surface area contributed by atoms with E-state index in [1.54, 1.807) is 0 Å². The van der Waals surface area contributed by atoms with E-state index in [4.69, 9.17) is 4.74 Å². The van der Waals surface area contributed by atoms with Crippen LogP contribution in [0.5, 0.6) is 0 Å². The number of benzene rings is 1. The van der Waals surface area contributed by atoms with Gasteiger partial charge in [0.1, 0.15) is 0 Å². The zero-order valence-electron chi connectivity index (χ0n) is 8.96. The highest BCUT2D eigenvalue weighted by molar-refractivity contribution is 9.09. The van der Waals surface area contributed by atoms with Crippen molar-refractivity contribution in [2.75, 3.05) is 5.33 Å². The third kappa shape index (κ3) is 3.81. The van der Waals surface area contributed by atoms with Crippen LogP contribution in [-0.4, -0.2) is 10.9 Å². The lowest BCUT2D eigenvalue weighted by Gasteiger charge is -2.26. The maximum atomic E-state index is 5.93. The topological polar surface area (TPSA) is 9.23 Å². The second-order valence-electron chi connectivity index (χ2n) is 4.28. The molecule has 0 aromatic heterocycles. The second-order valence-corrected chi connectivity index (χ2v) is 4.93. The highest BCUT2D eigenvalue weighted by atomic mass is 79.9. The first-order valence-corrected chi connectivity index (χ1v) is 5.94. The number of hydrogen-bond acceptors (Lipinski definition) is 1. The molecule has 0 aliphatic heterocycles. The molecule has 1 nitrogen and oxygen atoms in total. The number of halogens is 1. The molecule has 0 spiro atoms. The number of ether oxygens (including phenoxy) is 1. The molecule has 0 fully saturated rings. The molecule has 2 heteroatoms. The Morgan fingerprint density at radius 3 is 2.21 bits per heavy atom. The Bertz CT molecular complexity index is 263.